The van der Waals surface area contributed by atoms with Crippen LogP contribution in [0.2, 0.25) is 0 Å². The first-order chi connectivity index (χ1) is 27.3. The Morgan fingerprint density at radius 2 is 0.946 bits per heavy atom. The molecule has 0 unspecified atom stereocenters. The molecule has 268 valence electrons. The molecule has 1 aromatic heterocycles. The SMILES string of the molecule is CC1(C)c2ccccc2-c2c(N(c3cc(-n4c5ccccc5c5ccccc54)ccc3-c3ccccc3)c3cccc4c3C(C)(C)c3ccccc3-4)cccc21. The van der Waals surface area contributed by atoms with E-state index in [0.29, 0.717) is 0 Å². The van der Waals surface area contributed by atoms with Gasteiger partial charge < -0.3 is 9.47 Å². The molecule has 1 heterocycles. The minimum atomic E-state index is -0.229. The number of nitrogens with zero attached hydrogens (tertiary/aromatic N) is 2. The molecule has 11 rings (SSSR count). The van der Waals surface area contributed by atoms with Gasteiger partial charge in [0, 0.05) is 38.4 Å². The van der Waals surface area contributed by atoms with Crippen LogP contribution < -0.4 is 4.90 Å². The van der Waals surface area contributed by atoms with Gasteiger partial charge in [0.05, 0.1) is 28.1 Å². The minimum Gasteiger partial charge on any atom is -0.309 e. The number of hydrogen-bond donors (Lipinski definition) is 0. The number of aromatic nitrogens is 1. The third-order valence-corrected chi connectivity index (χ3v) is 12.8. The Morgan fingerprint density at radius 3 is 1.68 bits per heavy atom. The van der Waals surface area contributed by atoms with Gasteiger partial charge >= 0.3 is 0 Å². The van der Waals surface area contributed by atoms with E-state index in [4.69, 9.17) is 0 Å². The van der Waals surface area contributed by atoms with E-state index in [-0.39, 0.29) is 10.8 Å². The van der Waals surface area contributed by atoms with E-state index in [2.05, 4.69) is 219 Å². The summed E-state index contributed by atoms with van der Waals surface area (Å²) >= 11 is 0. The van der Waals surface area contributed by atoms with E-state index in [9.17, 15) is 0 Å². The van der Waals surface area contributed by atoms with Gasteiger partial charge in [0.15, 0.2) is 0 Å². The van der Waals surface area contributed by atoms with Crippen molar-refractivity contribution >= 4 is 38.9 Å². The summed E-state index contributed by atoms with van der Waals surface area (Å²) < 4.78 is 2.45. The van der Waals surface area contributed by atoms with Crippen molar-refractivity contribution in [2.24, 2.45) is 0 Å². The fourth-order valence-electron chi connectivity index (χ4n) is 10.2. The van der Waals surface area contributed by atoms with Crippen LogP contribution in [0, 0.1) is 0 Å². The largest absolute Gasteiger partial charge is 0.309 e. The van der Waals surface area contributed by atoms with Crippen molar-refractivity contribution in [3.8, 4) is 39.1 Å². The van der Waals surface area contributed by atoms with Crippen LogP contribution in [0.4, 0.5) is 17.1 Å². The van der Waals surface area contributed by atoms with Crippen LogP contribution in [0.15, 0.2) is 182 Å². The lowest BCUT2D eigenvalue weighted by atomic mass is 9.81. The second kappa shape index (κ2) is 11.9. The monoisotopic (exact) mass is 718 g/mol. The molecule has 0 saturated heterocycles. The number of hydrogen-bond acceptors (Lipinski definition) is 1. The average molecular weight is 719 g/mol. The molecule has 2 heteroatoms. The average Bonchev–Trinajstić information content (AvgIpc) is 3.79. The Kier molecular flexibility index (Phi) is 6.98. The third-order valence-electron chi connectivity index (χ3n) is 12.8. The molecule has 2 aliphatic rings. The van der Waals surface area contributed by atoms with Crippen molar-refractivity contribution < 1.29 is 0 Å². The molecule has 2 nitrogen and oxygen atoms in total. The first kappa shape index (κ1) is 32.8. The van der Waals surface area contributed by atoms with Gasteiger partial charge in [-0.25, -0.2) is 0 Å². The first-order valence-corrected chi connectivity index (χ1v) is 19.8. The summed E-state index contributed by atoms with van der Waals surface area (Å²) in [5.41, 5.74) is 19.8. The predicted molar refractivity (Wildman–Crippen MR) is 236 cm³/mol. The topological polar surface area (TPSA) is 8.17 Å². The lowest BCUT2D eigenvalue weighted by molar-refractivity contribution is 0.659. The Bertz CT molecular complexity index is 2980. The van der Waals surface area contributed by atoms with Crippen LogP contribution in [0.1, 0.15) is 49.9 Å². The molecular formula is C54H42N2. The van der Waals surface area contributed by atoms with Crippen molar-refractivity contribution in [1.29, 1.82) is 0 Å². The highest BCUT2D eigenvalue weighted by Gasteiger charge is 2.41. The van der Waals surface area contributed by atoms with E-state index >= 15 is 0 Å². The number of anilines is 3. The lowest BCUT2D eigenvalue weighted by Gasteiger charge is -2.35. The molecule has 0 atom stereocenters. The quantitative estimate of drug-likeness (QED) is 0.172. The van der Waals surface area contributed by atoms with Crippen molar-refractivity contribution in [1.82, 2.24) is 4.57 Å². The van der Waals surface area contributed by atoms with Gasteiger partial charge in [-0.1, -0.05) is 173 Å². The number of benzene rings is 8. The van der Waals surface area contributed by atoms with E-state index in [1.807, 2.05) is 0 Å². The van der Waals surface area contributed by atoms with E-state index in [0.717, 1.165) is 11.4 Å². The molecule has 0 spiro atoms. The van der Waals surface area contributed by atoms with Gasteiger partial charge in [-0.2, -0.15) is 0 Å². The van der Waals surface area contributed by atoms with E-state index < -0.39 is 0 Å². The van der Waals surface area contributed by atoms with Crippen molar-refractivity contribution in [3.05, 3.63) is 204 Å². The number of rotatable bonds is 5. The smallest absolute Gasteiger partial charge is 0.0561 e. The molecule has 2 aliphatic carbocycles. The van der Waals surface area contributed by atoms with Crippen LogP contribution in [-0.4, -0.2) is 4.57 Å². The highest BCUT2D eigenvalue weighted by Crippen LogP contribution is 2.59. The number of para-hydroxylation sites is 2. The van der Waals surface area contributed by atoms with Crippen molar-refractivity contribution in [2.75, 3.05) is 4.90 Å². The molecule has 0 fully saturated rings. The first-order valence-electron chi connectivity index (χ1n) is 19.8. The Labute approximate surface area is 328 Å². The van der Waals surface area contributed by atoms with Crippen LogP contribution in [0.5, 0.6) is 0 Å². The van der Waals surface area contributed by atoms with Gasteiger partial charge in [0.25, 0.3) is 0 Å². The van der Waals surface area contributed by atoms with Gasteiger partial charge in [0.2, 0.25) is 0 Å². The summed E-state index contributed by atoms with van der Waals surface area (Å²) in [6.45, 7) is 9.56. The molecule has 0 aliphatic heterocycles. The molecule has 0 saturated carbocycles. The minimum absolute atomic E-state index is 0.144. The van der Waals surface area contributed by atoms with Crippen molar-refractivity contribution in [3.63, 3.8) is 0 Å². The zero-order valence-electron chi connectivity index (χ0n) is 32.2. The van der Waals surface area contributed by atoms with Crippen LogP contribution in [0.3, 0.4) is 0 Å². The Balaban J connectivity index is 1.28. The summed E-state index contributed by atoms with van der Waals surface area (Å²) in [5, 5.41) is 2.52. The number of fused-ring (bicyclic) bond motifs is 9. The maximum Gasteiger partial charge on any atom is 0.0561 e. The molecule has 56 heavy (non-hydrogen) atoms. The summed E-state index contributed by atoms with van der Waals surface area (Å²) in [6.07, 6.45) is 0. The molecule has 8 aromatic carbocycles. The second-order valence-corrected chi connectivity index (χ2v) is 16.5. The molecule has 0 amide bonds. The third kappa shape index (κ3) is 4.50. The van der Waals surface area contributed by atoms with Gasteiger partial charge in [-0.05, 0) is 80.9 Å². The predicted octanol–water partition coefficient (Wildman–Crippen LogP) is 14.5. The molecular weight excluding hydrogens is 677 g/mol. The van der Waals surface area contributed by atoms with Crippen LogP contribution in [-0.2, 0) is 10.8 Å². The summed E-state index contributed by atoms with van der Waals surface area (Å²) in [5.74, 6) is 0. The fraction of sp³-hybridized carbons (Fsp3) is 0.111. The zero-order chi connectivity index (χ0) is 37.8. The molecule has 0 N–H and O–H groups in total. The highest BCUT2D eigenvalue weighted by atomic mass is 15.2. The van der Waals surface area contributed by atoms with Gasteiger partial charge in [-0.15, -0.1) is 0 Å². The Hall–Kier alpha value is -6.64. The van der Waals surface area contributed by atoms with Crippen LogP contribution in [0.25, 0.3) is 60.9 Å². The van der Waals surface area contributed by atoms with E-state index in [1.165, 1.54) is 88.8 Å². The lowest BCUT2D eigenvalue weighted by Crippen LogP contribution is -2.22. The standard InChI is InChI=1S/C54H42N2/c1-53(2)44-26-13-9-23-42(44)51-45(53)27-17-30-48(51)56(49-31-16-24-41-38-20-8-12-25-43(38)54(3,4)52(41)49)50-34-36(32-33-37(50)35-18-6-5-7-19-35)55-46-28-14-10-21-39(46)40-22-11-15-29-47(40)55/h5-34H,1-4H3. The summed E-state index contributed by atoms with van der Waals surface area (Å²) in [6, 6.07) is 67.6. The Morgan fingerprint density at radius 1 is 0.393 bits per heavy atom. The normalized spacial score (nSPS) is 14.4. The van der Waals surface area contributed by atoms with Crippen LogP contribution >= 0.6 is 0 Å². The molecule has 0 radical (unpaired) electrons. The maximum atomic E-state index is 2.61. The van der Waals surface area contributed by atoms with E-state index in [1.54, 1.807) is 0 Å². The molecule has 9 aromatic rings. The zero-order valence-corrected chi connectivity index (χ0v) is 32.2. The highest BCUT2D eigenvalue weighted by molar-refractivity contribution is 6.09. The summed E-state index contributed by atoms with van der Waals surface area (Å²) in [4.78, 5) is 2.61. The fourth-order valence-corrected chi connectivity index (χ4v) is 10.2. The maximum absolute atomic E-state index is 2.61. The van der Waals surface area contributed by atoms with Gasteiger partial charge in [-0.3, -0.25) is 0 Å². The van der Waals surface area contributed by atoms with Gasteiger partial charge in [0.1, 0.15) is 0 Å². The second-order valence-electron chi connectivity index (χ2n) is 16.5. The summed E-state index contributed by atoms with van der Waals surface area (Å²) in [7, 11) is 0. The van der Waals surface area contributed by atoms with Crippen molar-refractivity contribution in [2.45, 2.75) is 38.5 Å². The molecule has 0 bridgehead atoms.